The average Bonchev–Trinajstić information content (AvgIpc) is 3.99. The Morgan fingerprint density at radius 3 is 2.47 bits per heavy atom. The van der Waals surface area contributed by atoms with Gasteiger partial charge in [-0.05, 0) is 64.2 Å². The first-order valence-corrected chi connectivity index (χ1v) is 18.7. The number of aromatic nitrogens is 1. The molecule has 1 aromatic carbocycles. The summed E-state index contributed by atoms with van der Waals surface area (Å²) in [6, 6.07) is 3.12. The first kappa shape index (κ1) is 36.2. The third-order valence-corrected chi connectivity index (χ3v) is 11.2. The molecule has 2 aromatic rings. The Morgan fingerprint density at radius 2 is 1.82 bits per heavy atom. The molecule has 0 radical (unpaired) electrons. The first-order valence-electron chi connectivity index (χ1n) is 17.2. The van der Waals surface area contributed by atoms with Crippen LogP contribution in [0.4, 0.5) is 4.79 Å². The number of hydrogen-bond donors (Lipinski definition) is 3. The number of ether oxygens (including phenoxy) is 4. The molecule has 6 rings (SSSR count). The van der Waals surface area contributed by atoms with Gasteiger partial charge in [0.25, 0.3) is 5.91 Å². The second-order valence-electron chi connectivity index (χ2n) is 14.8. The number of nitrogens with one attached hydrogen (secondary N) is 3. The maximum Gasteiger partial charge on any atom is 0.408 e. The number of benzene rings is 1. The van der Waals surface area contributed by atoms with Gasteiger partial charge in [-0.1, -0.05) is 19.9 Å². The minimum absolute atomic E-state index is 0.00821. The van der Waals surface area contributed by atoms with Crippen molar-refractivity contribution >= 4 is 44.6 Å². The molecule has 51 heavy (non-hydrogen) atoms. The molecule has 1 saturated heterocycles. The van der Waals surface area contributed by atoms with E-state index in [1.807, 2.05) is 0 Å². The number of carbonyl (C=O) groups is 4. The summed E-state index contributed by atoms with van der Waals surface area (Å²) in [6.45, 7) is 13.1. The number of amides is 4. The Hall–Kier alpha value is -4.60. The van der Waals surface area contributed by atoms with Crippen LogP contribution < -0.4 is 29.6 Å². The fraction of sp³-hybridized carbons (Fsp3) is 0.571. The van der Waals surface area contributed by atoms with E-state index in [-0.39, 0.29) is 25.3 Å². The van der Waals surface area contributed by atoms with Crippen LogP contribution in [-0.2, 0) is 29.1 Å². The lowest BCUT2D eigenvalue weighted by molar-refractivity contribution is -0.141. The van der Waals surface area contributed by atoms with Crippen molar-refractivity contribution in [3.63, 3.8) is 0 Å². The molecule has 15 nitrogen and oxygen atoms in total. The largest absolute Gasteiger partial charge is 0.486 e. The van der Waals surface area contributed by atoms with E-state index in [1.54, 1.807) is 59.0 Å². The molecule has 3 heterocycles. The molecule has 2 saturated carbocycles. The molecular weight excluding hydrogens is 682 g/mol. The lowest BCUT2D eigenvalue weighted by Crippen LogP contribution is -2.59. The van der Waals surface area contributed by atoms with Gasteiger partial charge in [-0.2, -0.15) is 0 Å². The minimum Gasteiger partial charge on any atom is -0.486 e. The standard InChI is InChI=1S/C35H45N5O10S/c1-7-20-17-35(20,32(43)39-51(45,46)22-8-9-22)38-29(41)25-16-21(18-40(25)31(42)27(19(2)3)37-33(44)50-34(4,5)6)49-30-24-10-11-26-28(48-15-14-47-26)23(24)12-13-36-30/h7,10-13,19-22,25,27H,1,8-9,14-18H2,2-6H3,(H,37,44)(H,38,41)(H,39,43)/t20-,21?,25+,27+,35-/m1/s1. The maximum atomic E-state index is 14.3. The highest BCUT2D eigenvalue weighted by molar-refractivity contribution is 7.91. The zero-order valence-corrected chi connectivity index (χ0v) is 30.2. The Labute approximate surface area is 296 Å². The Kier molecular flexibility index (Phi) is 9.59. The number of pyridine rings is 1. The Balaban J connectivity index is 1.28. The SMILES string of the molecule is C=C[C@@H]1C[C@]1(NC(=O)[C@@H]1CC(Oc2nccc3c4c(ccc23)OCCO4)CN1C(=O)[C@@H](NC(=O)OC(C)(C)C)C(C)C)C(=O)NS(=O)(=O)C1CC1. The van der Waals surface area contributed by atoms with Crippen LogP contribution in [0.3, 0.4) is 0 Å². The topological polar surface area (TPSA) is 192 Å². The van der Waals surface area contributed by atoms with Crippen molar-refractivity contribution in [3.05, 3.63) is 37.1 Å². The number of alkyl carbamates (subject to hydrolysis) is 1. The van der Waals surface area contributed by atoms with Crippen molar-refractivity contribution in [2.75, 3.05) is 19.8 Å². The van der Waals surface area contributed by atoms with Gasteiger partial charge in [0.2, 0.25) is 27.7 Å². The number of likely N-dealkylation sites (tertiary alicyclic amines) is 1. The second-order valence-corrected chi connectivity index (χ2v) is 16.8. The van der Waals surface area contributed by atoms with Gasteiger partial charge in [0.05, 0.1) is 11.8 Å². The van der Waals surface area contributed by atoms with Crippen LogP contribution in [-0.4, -0.2) is 96.5 Å². The van der Waals surface area contributed by atoms with Crippen molar-refractivity contribution in [1.82, 2.24) is 25.2 Å². The molecule has 1 aromatic heterocycles. The molecule has 4 amide bonds. The fourth-order valence-corrected chi connectivity index (χ4v) is 7.87. The molecule has 5 atom stereocenters. The molecule has 2 aliphatic heterocycles. The van der Waals surface area contributed by atoms with Gasteiger partial charge in [0, 0.05) is 29.3 Å². The number of sulfonamides is 1. The van der Waals surface area contributed by atoms with Gasteiger partial charge in [0.1, 0.15) is 42.5 Å². The predicted octanol–water partition coefficient (Wildman–Crippen LogP) is 2.57. The summed E-state index contributed by atoms with van der Waals surface area (Å²) in [5.74, 6) is -1.60. The third kappa shape index (κ3) is 7.55. The molecule has 2 aliphatic carbocycles. The molecule has 16 heteroatoms. The molecule has 0 bridgehead atoms. The quantitative estimate of drug-likeness (QED) is 0.288. The van der Waals surface area contributed by atoms with Crippen molar-refractivity contribution < 1.29 is 46.5 Å². The normalized spacial score (nSPS) is 24.7. The number of hydrogen-bond acceptors (Lipinski definition) is 11. The van der Waals surface area contributed by atoms with E-state index in [9.17, 15) is 27.6 Å². The smallest absolute Gasteiger partial charge is 0.408 e. The molecule has 276 valence electrons. The van der Waals surface area contributed by atoms with Gasteiger partial charge in [0.15, 0.2) is 11.5 Å². The summed E-state index contributed by atoms with van der Waals surface area (Å²) in [7, 11) is -3.90. The van der Waals surface area contributed by atoms with Crippen LogP contribution in [0.1, 0.15) is 60.3 Å². The molecule has 3 fully saturated rings. The van der Waals surface area contributed by atoms with Crippen molar-refractivity contribution in [2.24, 2.45) is 11.8 Å². The number of nitrogens with zero attached hydrogens (tertiary/aromatic N) is 2. The first-order chi connectivity index (χ1) is 24.0. The monoisotopic (exact) mass is 727 g/mol. The van der Waals surface area contributed by atoms with Gasteiger partial charge in [-0.3, -0.25) is 19.1 Å². The van der Waals surface area contributed by atoms with Gasteiger partial charge in [-0.15, -0.1) is 6.58 Å². The van der Waals surface area contributed by atoms with Gasteiger partial charge < -0.3 is 34.5 Å². The summed E-state index contributed by atoms with van der Waals surface area (Å²) in [5, 5.41) is 6.14. The summed E-state index contributed by atoms with van der Waals surface area (Å²) >= 11 is 0. The van der Waals surface area contributed by atoms with E-state index in [0.29, 0.717) is 42.9 Å². The summed E-state index contributed by atoms with van der Waals surface area (Å²) in [5.41, 5.74) is -2.38. The Morgan fingerprint density at radius 1 is 1.10 bits per heavy atom. The van der Waals surface area contributed by atoms with Crippen molar-refractivity contribution in [2.45, 2.75) is 94.9 Å². The molecule has 3 N–H and O–H groups in total. The highest BCUT2D eigenvalue weighted by Crippen LogP contribution is 2.46. The second kappa shape index (κ2) is 13.5. The summed E-state index contributed by atoms with van der Waals surface area (Å²) < 4.78 is 50.9. The van der Waals surface area contributed by atoms with Crippen LogP contribution in [0.15, 0.2) is 37.1 Å². The third-order valence-electron chi connectivity index (χ3n) is 9.39. The molecule has 1 unspecified atom stereocenters. The van der Waals surface area contributed by atoms with Gasteiger partial charge in [-0.25, -0.2) is 18.2 Å². The van der Waals surface area contributed by atoms with Crippen LogP contribution in [0, 0.1) is 11.8 Å². The minimum atomic E-state index is -3.90. The van der Waals surface area contributed by atoms with Crippen LogP contribution in [0.2, 0.25) is 0 Å². The molecular formula is C35H45N5O10S. The highest BCUT2D eigenvalue weighted by Gasteiger charge is 2.62. The molecule has 0 spiro atoms. The summed E-state index contributed by atoms with van der Waals surface area (Å²) in [6.07, 6.45) is 2.59. The van der Waals surface area contributed by atoms with Crippen LogP contribution in [0.25, 0.3) is 10.8 Å². The van der Waals surface area contributed by atoms with Crippen LogP contribution >= 0.6 is 0 Å². The number of carbonyl (C=O) groups excluding carboxylic acids is 4. The van der Waals surface area contributed by atoms with E-state index in [2.05, 4.69) is 26.9 Å². The maximum absolute atomic E-state index is 14.3. The number of fused-ring (bicyclic) bond motifs is 3. The lowest BCUT2D eigenvalue weighted by Gasteiger charge is -2.31. The fourth-order valence-electron chi connectivity index (χ4n) is 6.51. The van der Waals surface area contributed by atoms with E-state index < -0.39 is 80.3 Å². The van der Waals surface area contributed by atoms with Gasteiger partial charge >= 0.3 is 6.09 Å². The predicted molar refractivity (Wildman–Crippen MR) is 185 cm³/mol. The number of rotatable bonds is 11. The molecule has 4 aliphatic rings. The zero-order chi connectivity index (χ0) is 36.9. The highest BCUT2D eigenvalue weighted by atomic mass is 32.2. The van der Waals surface area contributed by atoms with E-state index in [4.69, 9.17) is 18.9 Å². The average molecular weight is 728 g/mol. The van der Waals surface area contributed by atoms with Crippen molar-refractivity contribution in [1.29, 1.82) is 0 Å². The van der Waals surface area contributed by atoms with Crippen LogP contribution in [0.5, 0.6) is 17.4 Å². The lowest BCUT2D eigenvalue weighted by atomic mass is 10.0. The van der Waals surface area contributed by atoms with E-state index >= 15 is 0 Å². The summed E-state index contributed by atoms with van der Waals surface area (Å²) in [4.78, 5) is 60.5. The Bertz CT molecular complexity index is 1860. The van der Waals surface area contributed by atoms with Crippen molar-refractivity contribution in [3.8, 4) is 17.4 Å². The zero-order valence-electron chi connectivity index (χ0n) is 29.4. The van der Waals surface area contributed by atoms with E-state index in [1.165, 1.54) is 11.0 Å². The van der Waals surface area contributed by atoms with E-state index in [0.717, 1.165) is 5.39 Å².